The standard InChI is InChI=1S/C12H24O/c1-4-5-10(2)8-12(3,13)9-11-6-7-11/h10-11,13H,4-9H2,1-3H3. The number of rotatable bonds is 6. The van der Waals surface area contributed by atoms with Gasteiger partial charge in [0.15, 0.2) is 0 Å². The van der Waals surface area contributed by atoms with Crippen molar-refractivity contribution in [3.63, 3.8) is 0 Å². The molecule has 1 saturated carbocycles. The third-order valence-electron chi connectivity index (χ3n) is 3.00. The van der Waals surface area contributed by atoms with E-state index in [4.69, 9.17) is 0 Å². The molecule has 0 spiro atoms. The average Bonchev–Trinajstić information content (AvgIpc) is 2.69. The highest BCUT2D eigenvalue weighted by Gasteiger charge is 2.32. The SMILES string of the molecule is CCCC(C)CC(C)(O)CC1CC1. The van der Waals surface area contributed by atoms with Crippen LogP contribution < -0.4 is 0 Å². The Morgan fingerprint density at radius 2 is 2.08 bits per heavy atom. The Hall–Kier alpha value is -0.0400. The first-order valence-corrected chi connectivity index (χ1v) is 5.76. The highest BCUT2D eigenvalue weighted by molar-refractivity contribution is 4.84. The van der Waals surface area contributed by atoms with E-state index in [9.17, 15) is 5.11 Å². The Morgan fingerprint density at radius 1 is 1.46 bits per heavy atom. The van der Waals surface area contributed by atoms with Gasteiger partial charge in [-0.15, -0.1) is 0 Å². The lowest BCUT2D eigenvalue weighted by Gasteiger charge is -2.26. The maximum atomic E-state index is 10.1. The van der Waals surface area contributed by atoms with Crippen LogP contribution in [0.15, 0.2) is 0 Å². The Kier molecular flexibility index (Phi) is 3.78. The first kappa shape index (κ1) is 11.0. The van der Waals surface area contributed by atoms with E-state index in [-0.39, 0.29) is 0 Å². The molecule has 0 aromatic rings. The Morgan fingerprint density at radius 3 is 2.54 bits per heavy atom. The molecule has 0 radical (unpaired) electrons. The molecule has 1 N–H and O–H groups in total. The first-order chi connectivity index (χ1) is 6.03. The van der Waals surface area contributed by atoms with E-state index in [1.54, 1.807) is 0 Å². The van der Waals surface area contributed by atoms with Gasteiger partial charge in [-0.2, -0.15) is 0 Å². The fourth-order valence-electron chi connectivity index (χ4n) is 2.37. The summed E-state index contributed by atoms with van der Waals surface area (Å²) in [5.41, 5.74) is -0.393. The molecule has 0 heterocycles. The molecule has 13 heavy (non-hydrogen) atoms. The van der Waals surface area contributed by atoms with Crippen LogP contribution in [0.1, 0.15) is 59.3 Å². The van der Waals surface area contributed by atoms with Gasteiger partial charge >= 0.3 is 0 Å². The Labute approximate surface area is 82.5 Å². The quantitative estimate of drug-likeness (QED) is 0.671. The molecule has 0 amide bonds. The van der Waals surface area contributed by atoms with Crippen molar-refractivity contribution < 1.29 is 5.11 Å². The van der Waals surface area contributed by atoms with Crippen LogP contribution in [-0.2, 0) is 0 Å². The van der Waals surface area contributed by atoms with Crippen molar-refractivity contribution in [2.75, 3.05) is 0 Å². The van der Waals surface area contributed by atoms with Crippen LogP contribution in [0.25, 0.3) is 0 Å². The van der Waals surface area contributed by atoms with Crippen LogP contribution in [0.3, 0.4) is 0 Å². The lowest BCUT2D eigenvalue weighted by atomic mass is 9.87. The summed E-state index contributed by atoms with van der Waals surface area (Å²) < 4.78 is 0. The van der Waals surface area contributed by atoms with E-state index in [2.05, 4.69) is 13.8 Å². The zero-order valence-electron chi connectivity index (χ0n) is 9.34. The minimum Gasteiger partial charge on any atom is -0.390 e. The van der Waals surface area contributed by atoms with Crippen molar-refractivity contribution in [1.82, 2.24) is 0 Å². The van der Waals surface area contributed by atoms with E-state index in [0.29, 0.717) is 5.92 Å². The van der Waals surface area contributed by atoms with Crippen LogP contribution in [0.5, 0.6) is 0 Å². The van der Waals surface area contributed by atoms with E-state index in [0.717, 1.165) is 18.8 Å². The molecular formula is C12H24O. The smallest absolute Gasteiger partial charge is 0.0625 e. The maximum Gasteiger partial charge on any atom is 0.0625 e. The van der Waals surface area contributed by atoms with Gasteiger partial charge in [0.2, 0.25) is 0 Å². The molecule has 0 bridgehead atoms. The van der Waals surface area contributed by atoms with Crippen molar-refractivity contribution in [1.29, 1.82) is 0 Å². The highest BCUT2D eigenvalue weighted by Crippen LogP contribution is 2.38. The van der Waals surface area contributed by atoms with Gasteiger partial charge in [0.05, 0.1) is 5.60 Å². The van der Waals surface area contributed by atoms with Crippen molar-refractivity contribution in [3.8, 4) is 0 Å². The molecule has 1 heteroatoms. The summed E-state index contributed by atoms with van der Waals surface area (Å²) >= 11 is 0. The van der Waals surface area contributed by atoms with Crippen molar-refractivity contribution in [2.24, 2.45) is 11.8 Å². The molecule has 1 aliphatic rings. The lowest BCUT2D eigenvalue weighted by Crippen LogP contribution is -2.27. The van der Waals surface area contributed by atoms with Gasteiger partial charge in [-0.25, -0.2) is 0 Å². The zero-order valence-corrected chi connectivity index (χ0v) is 9.34. The summed E-state index contributed by atoms with van der Waals surface area (Å²) in [7, 11) is 0. The Bertz CT molecular complexity index is 147. The second kappa shape index (κ2) is 4.45. The minimum atomic E-state index is -0.393. The second-order valence-corrected chi connectivity index (χ2v) is 5.24. The summed E-state index contributed by atoms with van der Waals surface area (Å²) in [5.74, 6) is 1.52. The maximum absolute atomic E-state index is 10.1. The number of hydrogen-bond acceptors (Lipinski definition) is 1. The summed E-state index contributed by atoms with van der Waals surface area (Å²) in [6.45, 7) is 6.48. The number of hydrogen-bond donors (Lipinski definition) is 1. The molecule has 1 aliphatic carbocycles. The van der Waals surface area contributed by atoms with Crippen LogP contribution in [-0.4, -0.2) is 10.7 Å². The summed E-state index contributed by atoms with van der Waals surface area (Å²) in [5, 5.41) is 10.1. The molecule has 2 unspecified atom stereocenters. The van der Waals surface area contributed by atoms with E-state index in [1.807, 2.05) is 6.92 Å². The van der Waals surface area contributed by atoms with E-state index < -0.39 is 5.60 Å². The topological polar surface area (TPSA) is 20.2 Å². The molecule has 0 aliphatic heterocycles. The van der Waals surface area contributed by atoms with E-state index >= 15 is 0 Å². The molecule has 0 aromatic carbocycles. The van der Waals surface area contributed by atoms with Gasteiger partial charge in [0.25, 0.3) is 0 Å². The molecule has 0 aromatic heterocycles. The summed E-state index contributed by atoms with van der Waals surface area (Å²) in [6, 6.07) is 0. The van der Waals surface area contributed by atoms with Crippen molar-refractivity contribution in [3.05, 3.63) is 0 Å². The van der Waals surface area contributed by atoms with Gasteiger partial charge in [0, 0.05) is 0 Å². The molecule has 1 nitrogen and oxygen atoms in total. The van der Waals surface area contributed by atoms with Gasteiger partial charge in [-0.05, 0) is 31.6 Å². The lowest BCUT2D eigenvalue weighted by molar-refractivity contribution is 0.0213. The zero-order chi connectivity index (χ0) is 9.90. The van der Waals surface area contributed by atoms with Gasteiger partial charge < -0.3 is 5.11 Å². The molecule has 0 saturated heterocycles. The minimum absolute atomic E-state index is 0.393. The third kappa shape index (κ3) is 4.66. The first-order valence-electron chi connectivity index (χ1n) is 5.76. The average molecular weight is 184 g/mol. The molecule has 1 fully saturated rings. The second-order valence-electron chi connectivity index (χ2n) is 5.24. The molecular weight excluding hydrogens is 160 g/mol. The van der Waals surface area contributed by atoms with Crippen LogP contribution in [0.4, 0.5) is 0 Å². The van der Waals surface area contributed by atoms with E-state index in [1.165, 1.54) is 25.7 Å². The molecule has 78 valence electrons. The fourth-order valence-corrected chi connectivity index (χ4v) is 2.37. The largest absolute Gasteiger partial charge is 0.390 e. The predicted octanol–water partition coefficient (Wildman–Crippen LogP) is 3.36. The van der Waals surface area contributed by atoms with Crippen molar-refractivity contribution in [2.45, 2.75) is 64.9 Å². The van der Waals surface area contributed by atoms with Gasteiger partial charge in [-0.3, -0.25) is 0 Å². The van der Waals surface area contributed by atoms with Crippen LogP contribution >= 0.6 is 0 Å². The van der Waals surface area contributed by atoms with Crippen LogP contribution in [0.2, 0.25) is 0 Å². The molecule has 1 rings (SSSR count). The Balaban J connectivity index is 2.22. The van der Waals surface area contributed by atoms with Crippen molar-refractivity contribution >= 4 is 0 Å². The summed E-state index contributed by atoms with van der Waals surface area (Å²) in [4.78, 5) is 0. The number of aliphatic hydroxyl groups is 1. The highest BCUT2D eigenvalue weighted by atomic mass is 16.3. The monoisotopic (exact) mass is 184 g/mol. The fraction of sp³-hybridized carbons (Fsp3) is 1.00. The molecule has 2 atom stereocenters. The third-order valence-corrected chi connectivity index (χ3v) is 3.00. The normalized spacial score (nSPS) is 24.0. The predicted molar refractivity (Wildman–Crippen MR) is 56.7 cm³/mol. The van der Waals surface area contributed by atoms with Gasteiger partial charge in [-0.1, -0.05) is 39.5 Å². The van der Waals surface area contributed by atoms with Gasteiger partial charge in [0.1, 0.15) is 0 Å². The summed E-state index contributed by atoms with van der Waals surface area (Å²) in [6.07, 6.45) is 7.19. The van der Waals surface area contributed by atoms with Crippen LogP contribution in [0, 0.1) is 11.8 Å².